The molecule has 0 saturated heterocycles. The minimum atomic E-state index is -0.138. The lowest BCUT2D eigenvalue weighted by atomic mass is 10.0. The summed E-state index contributed by atoms with van der Waals surface area (Å²) < 4.78 is 14.0. The van der Waals surface area contributed by atoms with Crippen molar-refractivity contribution in [1.29, 1.82) is 0 Å². The second-order valence-corrected chi connectivity index (χ2v) is 5.38. The van der Waals surface area contributed by atoms with Crippen LogP contribution in [0.2, 0.25) is 0 Å². The quantitative estimate of drug-likeness (QED) is 0.890. The van der Waals surface area contributed by atoms with E-state index < -0.39 is 0 Å². The van der Waals surface area contributed by atoms with Gasteiger partial charge in [-0.15, -0.1) is 0 Å². The number of aryl methyl sites for hydroxylation is 1. The van der Waals surface area contributed by atoms with Crippen molar-refractivity contribution in [2.24, 2.45) is 5.73 Å². The van der Waals surface area contributed by atoms with Crippen molar-refractivity contribution < 1.29 is 4.39 Å². The van der Waals surface area contributed by atoms with Crippen LogP contribution in [-0.4, -0.2) is 24.5 Å². The highest BCUT2D eigenvalue weighted by atomic mass is 19.1. The molecule has 1 fully saturated rings. The smallest absolute Gasteiger partial charge is 0.128 e. The Morgan fingerprint density at radius 3 is 2.67 bits per heavy atom. The molecule has 2 rings (SSSR count). The van der Waals surface area contributed by atoms with Crippen molar-refractivity contribution in [3.63, 3.8) is 0 Å². The van der Waals surface area contributed by atoms with E-state index in [0.717, 1.165) is 11.1 Å². The number of hydrogen-bond donors (Lipinski definition) is 1. The fraction of sp³-hybridized carbons (Fsp3) is 0.600. The van der Waals surface area contributed by atoms with Gasteiger partial charge in [0.05, 0.1) is 0 Å². The molecule has 0 aromatic heterocycles. The van der Waals surface area contributed by atoms with E-state index in [9.17, 15) is 4.39 Å². The van der Waals surface area contributed by atoms with Crippen LogP contribution in [0.5, 0.6) is 0 Å². The van der Waals surface area contributed by atoms with Gasteiger partial charge < -0.3 is 5.73 Å². The summed E-state index contributed by atoms with van der Waals surface area (Å²) in [7, 11) is 2.08. The average Bonchev–Trinajstić information content (AvgIpc) is 2.88. The molecule has 1 unspecified atom stereocenters. The van der Waals surface area contributed by atoms with Gasteiger partial charge in [0.2, 0.25) is 0 Å². The highest BCUT2D eigenvalue weighted by Gasteiger charge is 2.27. The number of benzene rings is 1. The third-order valence-corrected chi connectivity index (χ3v) is 4.13. The monoisotopic (exact) mass is 250 g/mol. The summed E-state index contributed by atoms with van der Waals surface area (Å²) in [5.74, 6) is -0.138. The SMILES string of the molecule is Cc1ccc(F)c(C(CN)N(C)C2CCCC2)c1. The molecular weight excluding hydrogens is 227 g/mol. The lowest BCUT2D eigenvalue weighted by Crippen LogP contribution is -2.37. The first-order valence-corrected chi connectivity index (χ1v) is 6.81. The van der Waals surface area contributed by atoms with Crippen LogP contribution in [0.15, 0.2) is 18.2 Å². The lowest BCUT2D eigenvalue weighted by Gasteiger charge is -2.33. The second-order valence-electron chi connectivity index (χ2n) is 5.38. The van der Waals surface area contributed by atoms with E-state index in [4.69, 9.17) is 5.73 Å². The summed E-state index contributed by atoms with van der Waals surface area (Å²) in [6.07, 6.45) is 4.98. The number of likely N-dealkylation sites (N-methyl/N-ethyl adjacent to an activating group) is 1. The topological polar surface area (TPSA) is 29.3 Å². The Hall–Kier alpha value is -0.930. The van der Waals surface area contributed by atoms with E-state index in [1.807, 2.05) is 19.1 Å². The van der Waals surface area contributed by atoms with Crippen LogP contribution in [0.4, 0.5) is 4.39 Å². The van der Waals surface area contributed by atoms with Gasteiger partial charge in [-0.25, -0.2) is 4.39 Å². The van der Waals surface area contributed by atoms with E-state index >= 15 is 0 Å². The van der Waals surface area contributed by atoms with Gasteiger partial charge in [0.25, 0.3) is 0 Å². The lowest BCUT2D eigenvalue weighted by molar-refractivity contribution is 0.176. The van der Waals surface area contributed by atoms with Crippen molar-refractivity contribution in [3.8, 4) is 0 Å². The third kappa shape index (κ3) is 2.73. The molecule has 0 aliphatic heterocycles. The molecule has 1 atom stereocenters. The van der Waals surface area contributed by atoms with Crippen molar-refractivity contribution in [2.45, 2.75) is 44.7 Å². The highest BCUT2D eigenvalue weighted by molar-refractivity contribution is 5.27. The minimum absolute atomic E-state index is 0.00648. The summed E-state index contributed by atoms with van der Waals surface area (Å²) in [5, 5.41) is 0. The first kappa shape index (κ1) is 13.5. The fourth-order valence-electron chi connectivity index (χ4n) is 3.00. The van der Waals surface area contributed by atoms with Gasteiger partial charge >= 0.3 is 0 Å². The molecule has 18 heavy (non-hydrogen) atoms. The van der Waals surface area contributed by atoms with Crippen LogP contribution < -0.4 is 5.73 Å². The predicted octanol–water partition coefficient (Wildman–Crippen LogP) is 3.01. The number of rotatable bonds is 4. The molecule has 1 saturated carbocycles. The first-order valence-electron chi connectivity index (χ1n) is 6.81. The van der Waals surface area contributed by atoms with Gasteiger partial charge in [-0.2, -0.15) is 0 Å². The summed E-state index contributed by atoms with van der Waals surface area (Å²) in [4.78, 5) is 2.27. The van der Waals surface area contributed by atoms with Crippen molar-refractivity contribution in [3.05, 3.63) is 35.1 Å². The Morgan fingerprint density at radius 1 is 1.39 bits per heavy atom. The van der Waals surface area contributed by atoms with Crippen molar-refractivity contribution in [2.75, 3.05) is 13.6 Å². The van der Waals surface area contributed by atoms with E-state index in [1.165, 1.54) is 25.7 Å². The Bertz CT molecular complexity index is 399. The van der Waals surface area contributed by atoms with Crippen LogP contribution in [-0.2, 0) is 0 Å². The number of nitrogens with two attached hydrogens (primary N) is 1. The zero-order valence-corrected chi connectivity index (χ0v) is 11.3. The molecular formula is C15H23FN2. The molecule has 0 amide bonds. The number of hydrogen-bond acceptors (Lipinski definition) is 2. The largest absolute Gasteiger partial charge is 0.329 e. The van der Waals surface area contributed by atoms with Crippen LogP contribution >= 0.6 is 0 Å². The Morgan fingerprint density at radius 2 is 2.06 bits per heavy atom. The van der Waals surface area contributed by atoms with Gasteiger partial charge in [0.1, 0.15) is 5.82 Å². The molecule has 1 aliphatic rings. The molecule has 1 aromatic carbocycles. The molecule has 2 N–H and O–H groups in total. The maximum Gasteiger partial charge on any atom is 0.128 e. The van der Waals surface area contributed by atoms with Crippen LogP contribution in [0.3, 0.4) is 0 Å². The summed E-state index contributed by atoms with van der Waals surface area (Å²) in [6.45, 7) is 2.46. The zero-order chi connectivity index (χ0) is 13.1. The summed E-state index contributed by atoms with van der Waals surface area (Å²) in [5.41, 5.74) is 7.71. The maximum absolute atomic E-state index is 14.0. The number of nitrogens with zero attached hydrogens (tertiary/aromatic N) is 1. The van der Waals surface area contributed by atoms with Crippen molar-refractivity contribution in [1.82, 2.24) is 4.90 Å². The zero-order valence-electron chi connectivity index (χ0n) is 11.3. The van der Waals surface area contributed by atoms with Crippen molar-refractivity contribution >= 4 is 0 Å². The molecule has 0 bridgehead atoms. The first-order chi connectivity index (χ1) is 8.63. The standard InChI is InChI=1S/C15H23FN2/c1-11-7-8-14(16)13(9-11)15(10-17)18(2)12-5-3-4-6-12/h7-9,12,15H,3-6,10,17H2,1-2H3. The van der Waals surface area contributed by atoms with Gasteiger partial charge in [0.15, 0.2) is 0 Å². The van der Waals surface area contributed by atoms with Crippen LogP contribution in [0.25, 0.3) is 0 Å². The molecule has 0 heterocycles. The summed E-state index contributed by atoms with van der Waals surface area (Å²) in [6, 6.07) is 5.84. The molecule has 3 heteroatoms. The van der Waals surface area contributed by atoms with E-state index in [1.54, 1.807) is 6.07 Å². The summed E-state index contributed by atoms with van der Waals surface area (Å²) >= 11 is 0. The van der Waals surface area contributed by atoms with Gasteiger partial charge in [-0.1, -0.05) is 30.5 Å². The van der Waals surface area contributed by atoms with Crippen LogP contribution in [0.1, 0.15) is 42.9 Å². The average molecular weight is 250 g/mol. The third-order valence-electron chi connectivity index (χ3n) is 4.13. The fourth-order valence-corrected chi connectivity index (χ4v) is 3.00. The predicted molar refractivity (Wildman–Crippen MR) is 73.0 cm³/mol. The van der Waals surface area contributed by atoms with Gasteiger partial charge in [-0.05, 0) is 32.9 Å². The normalized spacial score (nSPS) is 18.5. The molecule has 0 radical (unpaired) electrons. The highest BCUT2D eigenvalue weighted by Crippen LogP contribution is 2.30. The maximum atomic E-state index is 14.0. The Balaban J connectivity index is 2.23. The number of halogens is 1. The minimum Gasteiger partial charge on any atom is -0.329 e. The Kier molecular flexibility index (Phi) is 4.36. The van der Waals surface area contributed by atoms with Gasteiger partial charge in [0, 0.05) is 24.2 Å². The molecule has 1 aromatic rings. The van der Waals surface area contributed by atoms with E-state index in [2.05, 4.69) is 11.9 Å². The van der Waals surface area contributed by atoms with Crippen LogP contribution in [0, 0.1) is 12.7 Å². The molecule has 100 valence electrons. The molecule has 1 aliphatic carbocycles. The molecule has 2 nitrogen and oxygen atoms in total. The van der Waals surface area contributed by atoms with Gasteiger partial charge in [-0.3, -0.25) is 4.90 Å². The van der Waals surface area contributed by atoms with E-state index in [0.29, 0.717) is 12.6 Å². The second kappa shape index (κ2) is 5.81. The van der Waals surface area contributed by atoms with E-state index in [-0.39, 0.29) is 11.9 Å². The molecule has 0 spiro atoms. The Labute approximate surface area is 109 Å².